The highest BCUT2D eigenvalue weighted by molar-refractivity contribution is 7.86. The smallest absolute Gasteiger partial charge is 0.425 e. The fraction of sp³-hybridized carbons (Fsp3) is 0.146. The van der Waals surface area contributed by atoms with Gasteiger partial charge < -0.3 is 40.9 Å². The molecule has 0 unspecified atom stereocenters. The second-order valence-corrected chi connectivity index (χ2v) is 30.1. The second kappa shape index (κ2) is 32.0. The van der Waals surface area contributed by atoms with Gasteiger partial charge in [-0.15, -0.1) is 25.3 Å². The summed E-state index contributed by atoms with van der Waals surface area (Å²) in [6.45, 7) is 3.74. The largest absolute Gasteiger partial charge is 0.507 e. The van der Waals surface area contributed by atoms with E-state index in [0.717, 1.165) is 55.3 Å². The fourth-order valence-electron chi connectivity index (χ4n) is 13.9. The van der Waals surface area contributed by atoms with E-state index >= 15 is 0 Å². The number of phenols is 8. The third kappa shape index (κ3) is 17.7. The average molecular weight is 1530 g/mol. The van der Waals surface area contributed by atoms with Gasteiger partial charge in [-0.05, 0) is 170 Å². The minimum Gasteiger partial charge on any atom is -0.507 e. The Morgan fingerprint density at radius 1 is 0.333 bits per heavy atom. The summed E-state index contributed by atoms with van der Waals surface area (Å²) in [4.78, 5) is -0.801. The van der Waals surface area contributed by atoms with Crippen LogP contribution in [0.15, 0.2) is 192 Å². The normalized spacial score (nSPS) is 12.6. The molecule has 10 N–H and O–H groups in total. The summed E-state index contributed by atoms with van der Waals surface area (Å²) in [5.41, 5.74) is 14.3. The molecular formula is C82H72N2O20S4+2. The van der Waals surface area contributed by atoms with Crippen molar-refractivity contribution in [2.75, 3.05) is 0 Å². The zero-order valence-electron chi connectivity index (χ0n) is 58.4. The van der Waals surface area contributed by atoms with Gasteiger partial charge in [0.05, 0.1) is 15.2 Å². The van der Waals surface area contributed by atoms with Crippen LogP contribution in [0.25, 0.3) is 46.1 Å². The number of pyridine rings is 2. The van der Waals surface area contributed by atoms with E-state index in [-0.39, 0.29) is 120 Å². The fourth-order valence-corrected chi connectivity index (χ4v) is 15.1. The van der Waals surface area contributed by atoms with Gasteiger partial charge in [0.2, 0.25) is 16.7 Å². The van der Waals surface area contributed by atoms with E-state index < -0.39 is 51.2 Å². The average Bonchev–Trinajstić information content (AvgIpc) is 0.781. The maximum Gasteiger partial charge on any atom is 0.425 e. The highest BCUT2D eigenvalue weighted by Gasteiger charge is 2.26. The summed E-state index contributed by atoms with van der Waals surface area (Å²) in [6, 6.07) is 52.3. The molecule has 2 heterocycles. The molecule has 0 atom stereocenters. The summed E-state index contributed by atoms with van der Waals surface area (Å²) in [6.07, 6.45) is 10.5. The molecule has 14 rings (SSSR count). The van der Waals surface area contributed by atoms with Crippen LogP contribution < -0.4 is 9.13 Å². The van der Waals surface area contributed by atoms with Crippen LogP contribution in [-0.2, 0) is 107 Å². The molecule has 108 heavy (non-hydrogen) atoms. The minimum absolute atomic E-state index is 0.0441. The van der Waals surface area contributed by atoms with Crippen molar-refractivity contribution < 1.29 is 101 Å². The topological polar surface area (TPSA) is 381 Å². The van der Waals surface area contributed by atoms with Crippen molar-refractivity contribution in [3.8, 4) is 46.0 Å². The Balaban J connectivity index is 0.000000196. The summed E-state index contributed by atoms with van der Waals surface area (Å²) >= 11 is 0. The molecule has 22 nitrogen and oxygen atoms in total. The molecule has 2 aromatic heterocycles. The van der Waals surface area contributed by atoms with Gasteiger partial charge in [0.15, 0.2) is 6.20 Å². The molecule has 26 heteroatoms. The molecule has 0 radical (unpaired) electrons. The van der Waals surface area contributed by atoms with Crippen LogP contribution in [0.2, 0.25) is 0 Å². The molecule has 0 saturated heterocycles. The quantitative estimate of drug-likeness (QED) is 0.0546. The molecule has 16 bridgehead atoms. The van der Waals surface area contributed by atoms with Crippen molar-refractivity contribution in [2.45, 2.75) is 75.0 Å². The zero-order chi connectivity index (χ0) is 77.8. The van der Waals surface area contributed by atoms with E-state index in [1.807, 2.05) is 131 Å². The molecule has 552 valence electrons. The van der Waals surface area contributed by atoms with Crippen LogP contribution in [0.5, 0.6) is 46.0 Å². The number of nitrogens with zero attached hydrogens (tertiary/aromatic N) is 2. The lowest BCUT2D eigenvalue weighted by atomic mass is 9.90. The molecule has 0 fully saturated rings. The Kier molecular flexibility index (Phi) is 22.8. The van der Waals surface area contributed by atoms with E-state index in [9.17, 15) is 66.8 Å². The van der Waals surface area contributed by atoms with E-state index in [1.165, 1.54) is 24.3 Å². The lowest BCUT2D eigenvalue weighted by Gasteiger charge is -2.18. The Bertz CT molecular complexity index is 6160. The van der Waals surface area contributed by atoms with Gasteiger partial charge in [-0.25, -0.2) is 4.57 Å². The highest BCUT2D eigenvalue weighted by atomic mass is 32.2. The van der Waals surface area contributed by atoms with Crippen molar-refractivity contribution >= 4 is 87.6 Å². The van der Waals surface area contributed by atoms with Crippen LogP contribution in [0, 0.1) is 13.8 Å². The maximum atomic E-state index is 12.3. The van der Waals surface area contributed by atoms with Gasteiger partial charge in [-0.1, -0.05) is 108 Å². The maximum absolute atomic E-state index is 12.3. The number of aromatic hydroxyl groups is 8. The number of aryl methyl sites for hydroxylation is 4. The number of aromatic nitrogens is 2. The van der Waals surface area contributed by atoms with E-state index in [1.54, 1.807) is 48.5 Å². The number of hydrogen-bond acceptors (Lipinski definition) is 18. The van der Waals surface area contributed by atoms with Gasteiger partial charge in [0.25, 0.3) is 20.2 Å². The first kappa shape index (κ1) is 77.1. The summed E-state index contributed by atoms with van der Waals surface area (Å²) < 4.78 is 124. The Hall–Kier alpha value is -12.0. The van der Waals surface area contributed by atoms with Gasteiger partial charge in [-0.3, -0.25) is 9.11 Å². The first-order valence-electron chi connectivity index (χ1n) is 33.4. The van der Waals surface area contributed by atoms with Gasteiger partial charge in [-0.2, -0.15) is 21.4 Å². The lowest BCUT2D eigenvalue weighted by molar-refractivity contribution is -0.646. The van der Waals surface area contributed by atoms with Crippen molar-refractivity contribution in [1.82, 2.24) is 0 Å². The van der Waals surface area contributed by atoms with E-state index in [0.29, 0.717) is 66.8 Å². The highest BCUT2D eigenvalue weighted by Crippen LogP contribution is 2.43. The molecule has 2 aliphatic carbocycles. The van der Waals surface area contributed by atoms with Crippen LogP contribution in [0.1, 0.15) is 123 Å². The zero-order valence-corrected chi connectivity index (χ0v) is 61.6. The SMILES string of the molecule is Cc1cc2c(O)c(c1)Cc1cc(S(=O)(=O)O)cc(c1O)Cc1cccc(c1O)Cc1cc(/C=C/c3cc[n+](C)c4ccccc34)cc(c1O)C2.Cc1cc2c(O)c(c1)Cc1cc(S(=O)(=O)O)cc(c1O)Cc1cccc(c1O)Cc1cc(/C=C/c3ccc4ccccc4[n+]3C)cc(c1O)C2.O=S(=O)=O.O=S(=O)=O. The number of para-hydroxylation sites is 4. The molecule has 0 spiro atoms. The number of rotatable bonds is 6. The van der Waals surface area contributed by atoms with Gasteiger partial charge in [0.1, 0.15) is 60.1 Å². The van der Waals surface area contributed by atoms with Crippen molar-refractivity contribution in [3.63, 3.8) is 0 Å². The van der Waals surface area contributed by atoms with Gasteiger partial charge in [0, 0.05) is 109 Å². The van der Waals surface area contributed by atoms with Crippen LogP contribution in [-0.4, -0.2) is 92.0 Å². The number of fused-ring (bicyclic) bond motifs is 18. The van der Waals surface area contributed by atoms with Crippen LogP contribution >= 0.6 is 0 Å². The van der Waals surface area contributed by atoms with Crippen LogP contribution in [0.4, 0.5) is 0 Å². The lowest BCUT2D eigenvalue weighted by Crippen LogP contribution is -2.32. The van der Waals surface area contributed by atoms with Crippen LogP contribution in [0.3, 0.4) is 0 Å². The van der Waals surface area contributed by atoms with E-state index in [4.69, 9.17) is 25.3 Å². The number of benzene rings is 10. The van der Waals surface area contributed by atoms with E-state index in [2.05, 4.69) is 39.5 Å². The molecule has 10 aromatic carbocycles. The predicted molar refractivity (Wildman–Crippen MR) is 404 cm³/mol. The molecule has 12 aromatic rings. The minimum atomic E-state index is -4.65. The molecular weight excluding hydrogens is 1460 g/mol. The Morgan fingerprint density at radius 3 is 0.991 bits per heavy atom. The number of hydrogen-bond donors (Lipinski definition) is 10. The molecule has 0 aliphatic heterocycles. The first-order valence-corrected chi connectivity index (χ1v) is 38.3. The summed E-state index contributed by atoms with van der Waals surface area (Å²) in [5, 5.41) is 94.4. The molecule has 0 amide bonds. The third-order valence-corrected chi connectivity index (χ3v) is 20.7. The standard InChI is InChI=1S/2C41H35NO7S.2O3S/c1-24-14-29-20-32-17-25(10-11-26-12-13-42(2)37-9-4-3-8-36(26)37)16-31(40(32)45)18-27-6-5-7-28(38(27)43)19-33-22-35(50(47,48)49)23-34(41(33)46)21-30(15-24)39(29)44;1-24-14-29-20-32-17-25(10-12-35-13-11-26-6-3-4-9-37(26)42(35)2)16-31(40(32)45)18-27-7-5-8-28(38(27)43)19-33-22-36(50(47,48)49)23-34(41(33)46)21-30(15-24)39(29)44;2*1-4(2)3/h2*3-17,22-23H,18-21H2,1-2H3,(H4,43,44,46,47,48,49);;/p+2. The Labute approximate surface area is 624 Å². The summed E-state index contributed by atoms with van der Waals surface area (Å²) in [5.74, 6) is -0.490. The number of phenolic OH excluding ortho intramolecular Hbond substituents is 8. The first-order chi connectivity index (χ1) is 51.2. The summed E-state index contributed by atoms with van der Waals surface area (Å²) in [7, 11) is -11.5. The van der Waals surface area contributed by atoms with Gasteiger partial charge >= 0.3 is 21.2 Å². The monoisotopic (exact) mass is 1530 g/mol. The molecule has 2 aliphatic rings. The van der Waals surface area contributed by atoms with Crippen molar-refractivity contribution in [2.24, 2.45) is 14.1 Å². The van der Waals surface area contributed by atoms with Crippen molar-refractivity contribution in [1.29, 1.82) is 0 Å². The molecule has 0 saturated carbocycles. The van der Waals surface area contributed by atoms with Crippen molar-refractivity contribution in [3.05, 3.63) is 305 Å². The second-order valence-electron chi connectivity index (χ2n) is 26.5. The Morgan fingerprint density at radius 2 is 0.630 bits per heavy atom. The third-order valence-electron chi connectivity index (χ3n) is 19.0. The predicted octanol–water partition coefficient (Wildman–Crippen LogP) is 11.8.